The molecule has 0 aliphatic rings. The van der Waals surface area contributed by atoms with E-state index in [0.717, 1.165) is 12.1 Å². The molecule has 4 heteroatoms. The van der Waals surface area contributed by atoms with Crippen LogP contribution < -0.4 is 0 Å². The summed E-state index contributed by atoms with van der Waals surface area (Å²) in [6.45, 7) is 0. The SMILES string of the molecule is C#CCCc1ccc(C(F)(F)F)c(F)c1. The normalized spacial score (nSPS) is 11.1. The van der Waals surface area contributed by atoms with Crippen molar-refractivity contribution >= 4 is 0 Å². The average molecular weight is 216 g/mol. The fourth-order valence-corrected chi connectivity index (χ4v) is 1.16. The minimum atomic E-state index is -4.64. The Morgan fingerprint density at radius 3 is 2.40 bits per heavy atom. The van der Waals surface area contributed by atoms with Gasteiger partial charge in [0.25, 0.3) is 0 Å². The summed E-state index contributed by atoms with van der Waals surface area (Å²) in [5, 5.41) is 0. The van der Waals surface area contributed by atoms with Crippen molar-refractivity contribution in [1.82, 2.24) is 0 Å². The Balaban J connectivity index is 2.94. The summed E-state index contributed by atoms with van der Waals surface area (Å²) in [4.78, 5) is 0. The summed E-state index contributed by atoms with van der Waals surface area (Å²) in [6, 6.07) is 2.85. The minimum Gasteiger partial charge on any atom is -0.206 e. The van der Waals surface area contributed by atoms with E-state index in [1.165, 1.54) is 6.07 Å². The predicted molar refractivity (Wildman–Crippen MR) is 48.6 cm³/mol. The van der Waals surface area contributed by atoms with Crippen molar-refractivity contribution in [2.75, 3.05) is 0 Å². The molecular formula is C11H8F4. The molecular weight excluding hydrogens is 208 g/mol. The van der Waals surface area contributed by atoms with Gasteiger partial charge >= 0.3 is 6.18 Å². The van der Waals surface area contributed by atoms with Crippen LogP contribution in [0.3, 0.4) is 0 Å². The van der Waals surface area contributed by atoms with Gasteiger partial charge in [0.05, 0.1) is 5.56 Å². The first kappa shape index (κ1) is 11.6. The predicted octanol–water partition coefficient (Wildman–Crippen LogP) is 3.41. The van der Waals surface area contributed by atoms with Crippen LogP contribution in [0.15, 0.2) is 18.2 Å². The summed E-state index contributed by atoms with van der Waals surface area (Å²) < 4.78 is 49.5. The van der Waals surface area contributed by atoms with Gasteiger partial charge in [-0.25, -0.2) is 4.39 Å². The highest BCUT2D eigenvalue weighted by atomic mass is 19.4. The zero-order chi connectivity index (χ0) is 11.5. The van der Waals surface area contributed by atoms with Crippen LogP contribution in [0.1, 0.15) is 17.5 Å². The molecule has 1 aromatic rings. The van der Waals surface area contributed by atoms with Crippen molar-refractivity contribution in [1.29, 1.82) is 0 Å². The molecule has 0 aliphatic heterocycles. The van der Waals surface area contributed by atoms with Gasteiger partial charge in [0.15, 0.2) is 0 Å². The molecule has 0 N–H and O–H groups in total. The van der Waals surface area contributed by atoms with Crippen molar-refractivity contribution in [3.63, 3.8) is 0 Å². The minimum absolute atomic E-state index is 0.380. The molecule has 0 aliphatic carbocycles. The number of aryl methyl sites for hydroxylation is 1. The van der Waals surface area contributed by atoms with Crippen LogP contribution in [0.4, 0.5) is 17.6 Å². The van der Waals surface area contributed by atoms with Gasteiger partial charge in [0, 0.05) is 6.42 Å². The molecule has 0 heterocycles. The van der Waals surface area contributed by atoms with E-state index in [-0.39, 0.29) is 0 Å². The van der Waals surface area contributed by atoms with Crippen LogP contribution in [-0.4, -0.2) is 0 Å². The summed E-state index contributed by atoms with van der Waals surface area (Å²) in [7, 11) is 0. The van der Waals surface area contributed by atoms with Crippen LogP contribution in [0, 0.1) is 18.2 Å². The highest BCUT2D eigenvalue weighted by Gasteiger charge is 2.33. The Hall–Kier alpha value is -1.50. The molecule has 1 rings (SSSR count). The molecule has 0 aromatic heterocycles. The second-order valence-electron chi connectivity index (χ2n) is 3.02. The molecule has 80 valence electrons. The Morgan fingerprint density at radius 2 is 1.93 bits per heavy atom. The molecule has 0 radical (unpaired) electrons. The Morgan fingerprint density at radius 1 is 1.27 bits per heavy atom. The highest BCUT2D eigenvalue weighted by Crippen LogP contribution is 2.31. The van der Waals surface area contributed by atoms with E-state index in [0.29, 0.717) is 18.4 Å². The molecule has 0 amide bonds. The van der Waals surface area contributed by atoms with Crippen LogP contribution >= 0.6 is 0 Å². The molecule has 15 heavy (non-hydrogen) atoms. The molecule has 0 saturated carbocycles. The lowest BCUT2D eigenvalue weighted by Gasteiger charge is -2.08. The van der Waals surface area contributed by atoms with Crippen molar-refractivity contribution in [3.05, 3.63) is 35.1 Å². The Labute approximate surface area is 84.9 Å². The molecule has 0 saturated heterocycles. The Kier molecular flexibility index (Phi) is 3.35. The van der Waals surface area contributed by atoms with E-state index in [1.807, 2.05) is 0 Å². The maximum absolute atomic E-state index is 13.0. The van der Waals surface area contributed by atoms with E-state index in [2.05, 4.69) is 5.92 Å². The fourth-order valence-electron chi connectivity index (χ4n) is 1.16. The second kappa shape index (κ2) is 4.35. The standard InChI is InChI=1S/C11H8F4/c1-2-3-4-8-5-6-9(10(12)7-8)11(13,14)15/h1,5-7H,3-4H2. The maximum Gasteiger partial charge on any atom is 0.419 e. The largest absolute Gasteiger partial charge is 0.419 e. The zero-order valence-corrected chi connectivity index (χ0v) is 7.74. The molecule has 0 unspecified atom stereocenters. The third-order valence-corrected chi connectivity index (χ3v) is 1.90. The monoisotopic (exact) mass is 216 g/mol. The van der Waals surface area contributed by atoms with E-state index in [9.17, 15) is 17.6 Å². The van der Waals surface area contributed by atoms with Crippen LogP contribution in [-0.2, 0) is 12.6 Å². The van der Waals surface area contributed by atoms with Crippen molar-refractivity contribution in [2.24, 2.45) is 0 Å². The van der Waals surface area contributed by atoms with E-state index in [4.69, 9.17) is 6.42 Å². The van der Waals surface area contributed by atoms with Gasteiger partial charge in [0.1, 0.15) is 5.82 Å². The highest BCUT2D eigenvalue weighted by molar-refractivity contribution is 5.27. The van der Waals surface area contributed by atoms with Crippen LogP contribution in [0.25, 0.3) is 0 Å². The molecule has 0 fully saturated rings. The quantitative estimate of drug-likeness (QED) is 0.525. The van der Waals surface area contributed by atoms with Gasteiger partial charge in [-0.3, -0.25) is 0 Å². The van der Waals surface area contributed by atoms with E-state index >= 15 is 0 Å². The lowest BCUT2D eigenvalue weighted by atomic mass is 10.1. The number of benzene rings is 1. The zero-order valence-electron chi connectivity index (χ0n) is 7.74. The molecule has 0 spiro atoms. The van der Waals surface area contributed by atoms with Crippen molar-refractivity contribution in [3.8, 4) is 12.3 Å². The summed E-state index contributed by atoms with van der Waals surface area (Å²) >= 11 is 0. The number of alkyl halides is 3. The van der Waals surface area contributed by atoms with Gasteiger partial charge in [-0.05, 0) is 24.1 Å². The van der Waals surface area contributed by atoms with Crippen molar-refractivity contribution in [2.45, 2.75) is 19.0 Å². The molecule has 0 atom stereocenters. The first-order chi connectivity index (χ1) is 6.95. The summed E-state index contributed by atoms with van der Waals surface area (Å²) in [5.74, 6) is 1.08. The van der Waals surface area contributed by atoms with E-state index in [1.54, 1.807) is 0 Å². The number of hydrogen-bond donors (Lipinski definition) is 0. The summed E-state index contributed by atoms with van der Waals surface area (Å²) in [5.41, 5.74) is -0.773. The number of halogens is 4. The maximum atomic E-state index is 13.0. The molecule has 0 nitrogen and oxygen atoms in total. The Bertz CT molecular complexity index is 385. The second-order valence-corrected chi connectivity index (χ2v) is 3.02. The van der Waals surface area contributed by atoms with E-state index < -0.39 is 17.6 Å². The third-order valence-electron chi connectivity index (χ3n) is 1.90. The van der Waals surface area contributed by atoms with Gasteiger partial charge in [-0.15, -0.1) is 12.3 Å². The number of terminal acetylenes is 1. The lowest BCUT2D eigenvalue weighted by Crippen LogP contribution is -2.08. The molecule has 1 aromatic carbocycles. The van der Waals surface area contributed by atoms with Gasteiger partial charge in [-0.1, -0.05) is 6.07 Å². The number of rotatable bonds is 2. The lowest BCUT2D eigenvalue weighted by molar-refractivity contribution is -0.140. The third kappa shape index (κ3) is 2.98. The van der Waals surface area contributed by atoms with Crippen LogP contribution in [0.2, 0.25) is 0 Å². The molecule has 0 bridgehead atoms. The first-order valence-corrected chi connectivity index (χ1v) is 4.24. The number of hydrogen-bond acceptors (Lipinski definition) is 0. The van der Waals surface area contributed by atoms with Gasteiger partial charge < -0.3 is 0 Å². The van der Waals surface area contributed by atoms with Gasteiger partial charge in [-0.2, -0.15) is 13.2 Å². The average Bonchev–Trinajstić information content (AvgIpc) is 2.12. The van der Waals surface area contributed by atoms with Crippen LogP contribution in [0.5, 0.6) is 0 Å². The first-order valence-electron chi connectivity index (χ1n) is 4.24. The topological polar surface area (TPSA) is 0 Å². The van der Waals surface area contributed by atoms with Crippen molar-refractivity contribution < 1.29 is 17.6 Å². The van der Waals surface area contributed by atoms with Gasteiger partial charge in [0.2, 0.25) is 0 Å². The smallest absolute Gasteiger partial charge is 0.206 e. The summed E-state index contributed by atoms with van der Waals surface area (Å²) in [6.07, 6.45) is 1.11. The fraction of sp³-hybridized carbons (Fsp3) is 0.273.